The summed E-state index contributed by atoms with van der Waals surface area (Å²) in [4.78, 5) is 21.9. The Hall–Kier alpha value is -3.46. The predicted octanol–water partition coefficient (Wildman–Crippen LogP) is 5.30. The normalized spacial score (nSPS) is 18.4. The molecular weight excluding hydrogens is 483 g/mol. The van der Waals surface area contributed by atoms with E-state index in [1.807, 2.05) is 52.0 Å². The molecule has 1 atom stereocenters. The van der Waals surface area contributed by atoms with Crippen LogP contribution in [0.4, 0.5) is 21.0 Å². The zero-order valence-electron chi connectivity index (χ0n) is 22.6. The van der Waals surface area contributed by atoms with Gasteiger partial charge in [0.1, 0.15) is 11.6 Å². The lowest BCUT2D eigenvalue weighted by Crippen LogP contribution is -2.50. The van der Waals surface area contributed by atoms with Gasteiger partial charge in [0.2, 0.25) is 5.95 Å². The number of aromatic nitrogens is 2. The molecule has 0 spiro atoms. The fourth-order valence-corrected chi connectivity index (χ4v) is 4.80. The van der Waals surface area contributed by atoms with E-state index >= 15 is 0 Å². The van der Waals surface area contributed by atoms with Gasteiger partial charge >= 0.3 is 6.03 Å². The standard InChI is InChI=1S/C29H39FN6O2/c1-17(2)26(16-37)35-29(38)33-23-11-9-22(10-12-23)32-27-24-15-20(19-6-5-7-21(30)14-19)8-13-25(24)34-28(36-27)31-18(3)4/h5-8,13-15,17-18,22-23,26,37H,9-12,16H2,1-4H3,(H2,33,35,38)(H2,31,32,34,36)/t22?,23?,26-/m0/s1. The molecule has 0 bridgehead atoms. The van der Waals surface area contributed by atoms with E-state index in [0.717, 1.165) is 53.5 Å². The first-order valence-electron chi connectivity index (χ1n) is 13.5. The lowest BCUT2D eigenvalue weighted by molar-refractivity contribution is 0.194. The minimum atomic E-state index is -0.274. The number of halogens is 1. The molecule has 1 aromatic heterocycles. The summed E-state index contributed by atoms with van der Waals surface area (Å²) < 4.78 is 13.9. The second-order valence-corrected chi connectivity index (χ2v) is 10.8. The van der Waals surface area contributed by atoms with Crippen LogP contribution in [0.5, 0.6) is 0 Å². The lowest BCUT2D eigenvalue weighted by atomic mass is 9.91. The molecule has 0 unspecified atom stereocenters. The Morgan fingerprint density at radius 1 is 1.00 bits per heavy atom. The van der Waals surface area contributed by atoms with Crippen LogP contribution in [0.2, 0.25) is 0 Å². The summed E-state index contributed by atoms with van der Waals surface area (Å²) in [6, 6.07) is 12.4. The van der Waals surface area contributed by atoms with Crippen LogP contribution in [0.1, 0.15) is 53.4 Å². The van der Waals surface area contributed by atoms with Gasteiger partial charge in [0.15, 0.2) is 0 Å². The number of anilines is 2. The zero-order chi connectivity index (χ0) is 27.2. The first kappa shape index (κ1) is 27.6. The molecule has 0 radical (unpaired) electrons. The van der Waals surface area contributed by atoms with E-state index in [1.54, 1.807) is 6.07 Å². The topological polar surface area (TPSA) is 111 Å². The molecule has 3 aromatic rings. The third-order valence-corrected chi connectivity index (χ3v) is 6.99. The number of carbonyl (C=O) groups excluding carboxylic acids is 1. The summed E-state index contributed by atoms with van der Waals surface area (Å²) in [5, 5.41) is 23.2. The maximum absolute atomic E-state index is 13.9. The smallest absolute Gasteiger partial charge is 0.315 e. The van der Waals surface area contributed by atoms with Crippen LogP contribution in [0, 0.1) is 11.7 Å². The Bertz CT molecular complexity index is 1240. The van der Waals surface area contributed by atoms with Gasteiger partial charge < -0.3 is 26.4 Å². The Morgan fingerprint density at radius 2 is 1.71 bits per heavy atom. The third-order valence-electron chi connectivity index (χ3n) is 6.99. The first-order valence-corrected chi connectivity index (χ1v) is 13.5. The number of hydrogen-bond donors (Lipinski definition) is 5. The van der Waals surface area contributed by atoms with Crippen molar-refractivity contribution in [3.8, 4) is 11.1 Å². The van der Waals surface area contributed by atoms with Crippen LogP contribution >= 0.6 is 0 Å². The van der Waals surface area contributed by atoms with Gasteiger partial charge in [-0.1, -0.05) is 32.0 Å². The number of amides is 2. The van der Waals surface area contributed by atoms with Gasteiger partial charge in [-0.25, -0.2) is 14.2 Å². The zero-order valence-corrected chi connectivity index (χ0v) is 22.6. The van der Waals surface area contributed by atoms with Gasteiger partial charge in [-0.2, -0.15) is 4.98 Å². The Balaban J connectivity index is 1.49. The number of urea groups is 1. The third kappa shape index (κ3) is 7.10. The van der Waals surface area contributed by atoms with Crippen molar-refractivity contribution in [2.45, 2.75) is 77.5 Å². The van der Waals surface area contributed by atoms with Gasteiger partial charge in [0.05, 0.1) is 18.2 Å². The highest BCUT2D eigenvalue weighted by Gasteiger charge is 2.25. The summed E-state index contributed by atoms with van der Waals surface area (Å²) >= 11 is 0. The number of rotatable bonds is 9. The van der Waals surface area contributed by atoms with Gasteiger partial charge in [-0.15, -0.1) is 0 Å². The number of fused-ring (bicyclic) bond motifs is 1. The van der Waals surface area contributed by atoms with Gasteiger partial charge in [-0.05, 0) is 80.8 Å². The molecule has 1 saturated carbocycles. The van der Waals surface area contributed by atoms with Crippen LogP contribution in [-0.4, -0.2) is 51.9 Å². The van der Waals surface area contributed by atoms with Crippen molar-refractivity contribution < 1.29 is 14.3 Å². The molecule has 5 N–H and O–H groups in total. The van der Waals surface area contributed by atoms with Crippen molar-refractivity contribution in [1.29, 1.82) is 0 Å². The van der Waals surface area contributed by atoms with E-state index in [9.17, 15) is 14.3 Å². The molecule has 38 heavy (non-hydrogen) atoms. The van der Waals surface area contributed by atoms with Crippen molar-refractivity contribution in [3.05, 3.63) is 48.3 Å². The summed E-state index contributed by atoms with van der Waals surface area (Å²) in [7, 11) is 0. The molecule has 9 heteroatoms. The number of hydrogen-bond acceptors (Lipinski definition) is 6. The molecule has 1 aliphatic carbocycles. The maximum atomic E-state index is 13.9. The monoisotopic (exact) mass is 522 g/mol. The predicted molar refractivity (Wildman–Crippen MR) is 151 cm³/mol. The Labute approximate surface area is 223 Å². The number of nitrogens with one attached hydrogen (secondary N) is 4. The van der Waals surface area contributed by atoms with Crippen molar-refractivity contribution >= 4 is 28.7 Å². The molecule has 204 valence electrons. The molecule has 0 aliphatic heterocycles. The van der Waals surface area contributed by atoms with Crippen molar-refractivity contribution in [2.24, 2.45) is 5.92 Å². The second kappa shape index (κ2) is 12.4. The minimum Gasteiger partial charge on any atom is -0.394 e. The largest absolute Gasteiger partial charge is 0.394 e. The summed E-state index contributed by atoms with van der Waals surface area (Å²) in [6.45, 7) is 7.95. The molecular formula is C29H39FN6O2. The molecule has 0 saturated heterocycles. The highest BCUT2D eigenvalue weighted by atomic mass is 19.1. The highest BCUT2D eigenvalue weighted by molar-refractivity contribution is 5.93. The maximum Gasteiger partial charge on any atom is 0.315 e. The number of benzene rings is 2. The molecule has 2 amide bonds. The van der Waals surface area contributed by atoms with E-state index in [-0.39, 0.29) is 48.5 Å². The quantitative estimate of drug-likeness (QED) is 0.261. The Kier molecular flexibility index (Phi) is 8.99. The van der Waals surface area contributed by atoms with Crippen molar-refractivity contribution in [2.75, 3.05) is 17.2 Å². The van der Waals surface area contributed by atoms with Gasteiger partial charge in [-0.3, -0.25) is 0 Å². The number of aliphatic hydroxyl groups excluding tert-OH is 1. The second-order valence-electron chi connectivity index (χ2n) is 10.8. The van der Waals surface area contributed by atoms with Crippen LogP contribution in [0.3, 0.4) is 0 Å². The van der Waals surface area contributed by atoms with Crippen LogP contribution in [0.25, 0.3) is 22.0 Å². The average molecular weight is 523 g/mol. The summed E-state index contributed by atoms with van der Waals surface area (Å²) in [5.74, 6) is 1.19. The molecule has 8 nitrogen and oxygen atoms in total. The van der Waals surface area contributed by atoms with E-state index in [4.69, 9.17) is 9.97 Å². The fraction of sp³-hybridized carbons (Fsp3) is 0.483. The molecule has 1 aliphatic rings. The van der Waals surface area contributed by atoms with Gasteiger partial charge in [0.25, 0.3) is 0 Å². The van der Waals surface area contributed by atoms with Crippen LogP contribution in [-0.2, 0) is 0 Å². The van der Waals surface area contributed by atoms with Crippen LogP contribution < -0.4 is 21.3 Å². The number of aliphatic hydroxyl groups is 1. The van der Waals surface area contributed by atoms with Crippen molar-refractivity contribution in [3.63, 3.8) is 0 Å². The molecule has 1 heterocycles. The van der Waals surface area contributed by atoms with Gasteiger partial charge in [0, 0.05) is 23.5 Å². The van der Waals surface area contributed by atoms with E-state index < -0.39 is 0 Å². The fourth-order valence-electron chi connectivity index (χ4n) is 4.80. The average Bonchev–Trinajstić information content (AvgIpc) is 2.87. The van der Waals surface area contributed by atoms with E-state index in [0.29, 0.717) is 5.95 Å². The molecule has 4 rings (SSSR count). The Morgan fingerprint density at radius 3 is 2.37 bits per heavy atom. The summed E-state index contributed by atoms with van der Waals surface area (Å²) in [6.07, 6.45) is 3.43. The van der Waals surface area contributed by atoms with E-state index in [1.165, 1.54) is 12.1 Å². The lowest BCUT2D eigenvalue weighted by Gasteiger charge is -2.31. The first-order chi connectivity index (χ1) is 18.2. The SMILES string of the molecule is CC(C)Nc1nc(NC2CCC(NC(=O)N[C@@H](CO)C(C)C)CC2)c2cc(-c3cccc(F)c3)ccc2n1. The number of nitrogens with zero attached hydrogens (tertiary/aromatic N) is 2. The minimum absolute atomic E-state index is 0.0801. The van der Waals surface area contributed by atoms with Crippen molar-refractivity contribution in [1.82, 2.24) is 20.6 Å². The van der Waals surface area contributed by atoms with Crippen LogP contribution in [0.15, 0.2) is 42.5 Å². The molecule has 2 aromatic carbocycles. The van der Waals surface area contributed by atoms with E-state index in [2.05, 4.69) is 21.3 Å². The summed E-state index contributed by atoms with van der Waals surface area (Å²) in [5.41, 5.74) is 2.50. The molecule has 1 fully saturated rings. The number of carbonyl (C=O) groups is 1. The highest BCUT2D eigenvalue weighted by Crippen LogP contribution is 2.31.